The third-order valence-corrected chi connectivity index (χ3v) is 3.61. The van der Waals surface area contributed by atoms with E-state index in [0.717, 1.165) is 37.0 Å². The molecule has 1 atom stereocenters. The fourth-order valence-electron chi connectivity index (χ4n) is 2.62. The van der Waals surface area contributed by atoms with Crippen molar-refractivity contribution in [1.29, 1.82) is 0 Å². The van der Waals surface area contributed by atoms with Crippen LogP contribution in [0.15, 0.2) is 24.3 Å². The van der Waals surface area contributed by atoms with E-state index in [1.807, 2.05) is 38.1 Å². The van der Waals surface area contributed by atoms with E-state index in [1.54, 1.807) is 0 Å². The van der Waals surface area contributed by atoms with E-state index in [9.17, 15) is 5.11 Å². The zero-order chi connectivity index (χ0) is 13.2. The first-order chi connectivity index (χ1) is 8.56. The van der Waals surface area contributed by atoms with Gasteiger partial charge in [0.2, 0.25) is 0 Å². The van der Waals surface area contributed by atoms with E-state index < -0.39 is 5.60 Å². The molecule has 1 saturated carbocycles. The highest BCUT2D eigenvalue weighted by atomic mass is 16.5. The SMILES string of the molecule is CCCC(O)(c1ccc(OC(C)C)cc1)C1CC1. The quantitative estimate of drug-likeness (QED) is 0.828. The van der Waals surface area contributed by atoms with Crippen LogP contribution in [0.3, 0.4) is 0 Å². The van der Waals surface area contributed by atoms with Gasteiger partial charge in [0.05, 0.1) is 11.7 Å². The van der Waals surface area contributed by atoms with E-state index >= 15 is 0 Å². The smallest absolute Gasteiger partial charge is 0.119 e. The average molecular weight is 248 g/mol. The van der Waals surface area contributed by atoms with Crippen molar-refractivity contribution in [3.63, 3.8) is 0 Å². The van der Waals surface area contributed by atoms with Crippen molar-refractivity contribution in [2.24, 2.45) is 5.92 Å². The first-order valence-corrected chi connectivity index (χ1v) is 7.06. The highest BCUT2D eigenvalue weighted by molar-refractivity contribution is 5.32. The molecule has 2 heteroatoms. The standard InChI is InChI=1S/C16H24O2/c1-4-11-16(17,13-5-6-13)14-7-9-15(10-8-14)18-12(2)3/h7-10,12-13,17H,4-6,11H2,1-3H3. The van der Waals surface area contributed by atoms with Gasteiger partial charge in [0.1, 0.15) is 5.75 Å². The predicted octanol–water partition coefficient (Wildman–Crippen LogP) is 3.87. The van der Waals surface area contributed by atoms with Crippen LogP contribution in [-0.4, -0.2) is 11.2 Å². The molecule has 0 amide bonds. The molecule has 1 aliphatic rings. The molecule has 0 aliphatic heterocycles. The Balaban J connectivity index is 2.16. The van der Waals surface area contributed by atoms with Gasteiger partial charge in [-0.1, -0.05) is 25.5 Å². The van der Waals surface area contributed by atoms with Crippen LogP contribution in [0.1, 0.15) is 52.0 Å². The molecule has 1 fully saturated rings. The average Bonchev–Trinajstić information content (AvgIpc) is 3.13. The van der Waals surface area contributed by atoms with Crippen LogP contribution < -0.4 is 4.74 Å². The lowest BCUT2D eigenvalue weighted by Crippen LogP contribution is -2.28. The van der Waals surface area contributed by atoms with E-state index in [4.69, 9.17) is 4.74 Å². The number of aliphatic hydroxyl groups is 1. The van der Waals surface area contributed by atoms with Crippen molar-refractivity contribution >= 4 is 0 Å². The molecule has 2 rings (SSSR count). The summed E-state index contributed by atoms with van der Waals surface area (Å²) in [6, 6.07) is 7.98. The monoisotopic (exact) mass is 248 g/mol. The Hall–Kier alpha value is -1.02. The summed E-state index contributed by atoms with van der Waals surface area (Å²) in [5.41, 5.74) is 0.424. The van der Waals surface area contributed by atoms with Gasteiger partial charge >= 0.3 is 0 Å². The van der Waals surface area contributed by atoms with Gasteiger partial charge in [-0.15, -0.1) is 0 Å². The van der Waals surface area contributed by atoms with E-state index in [-0.39, 0.29) is 6.10 Å². The lowest BCUT2D eigenvalue weighted by Gasteiger charge is -2.28. The first-order valence-electron chi connectivity index (χ1n) is 7.06. The van der Waals surface area contributed by atoms with Gasteiger partial charge in [-0.05, 0) is 56.7 Å². The van der Waals surface area contributed by atoms with Crippen molar-refractivity contribution in [2.45, 2.75) is 58.2 Å². The molecule has 0 aromatic heterocycles. The minimum absolute atomic E-state index is 0.189. The molecule has 1 N–H and O–H groups in total. The second kappa shape index (κ2) is 5.31. The Morgan fingerprint density at radius 2 is 1.89 bits per heavy atom. The van der Waals surface area contributed by atoms with E-state index in [0.29, 0.717) is 5.92 Å². The van der Waals surface area contributed by atoms with Crippen molar-refractivity contribution in [3.05, 3.63) is 29.8 Å². The molecule has 1 aromatic carbocycles. The summed E-state index contributed by atoms with van der Waals surface area (Å²) in [4.78, 5) is 0. The number of benzene rings is 1. The second-order valence-corrected chi connectivity index (χ2v) is 5.64. The number of hydrogen-bond acceptors (Lipinski definition) is 2. The van der Waals surface area contributed by atoms with Gasteiger partial charge < -0.3 is 9.84 Å². The molecule has 0 radical (unpaired) electrons. The molecule has 1 unspecified atom stereocenters. The third-order valence-electron chi connectivity index (χ3n) is 3.61. The maximum Gasteiger partial charge on any atom is 0.119 e. The van der Waals surface area contributed by atoms with Crippen LogP contribution in [0.2, 0.25) is 0 Å². The zero-order valence-electron chi connectivity index (χ0n) is 11.6. The van der Waals surface area contributed by atoms with Gasteiger partial charge in [-0.25, -0.2) is 0 Å². The minimum Gasteiger partial charge on any atom is -0.491 e. The summed E-state index contributed by atoms with van der Waals surface area (Å²) in [6.07, 6.45) is 4.36. The van der Waals surface area contributed by atoms with Gasteiger partial charge in [-0.3, -0.25) is 0 Å². The Labute approximate surface area is 110 Å². The Kier molecular flexibility index (Phi) is 3.96. The van der Waals surface area contributed by atoms with Crippen LogP contribution in [0.25, 0.3) is 0 Å². The third kappa shape index (κ3) is 2.86. The van der Waals surface area contributed by atoms with Crippen molar-refractivity contribution in [1.82, 2.24) is 0 Å². The first kappa shape index (κ1) is 13.4. The maximum atomic E-state index is 10.9. The van der Waals surface area contributed by atoms with Crippen molar-refractivity contribution in [3.8, 4) is 5.75 Å². The molecule has 100 valence electrons. The maximum absolute atomic E-state index is 10.9. The Morgan fingerprint density at radius 3 is 2.33 bits per heavy atom. The molecule has 18 heavy (non-hydrogen) atoms. The summed E-state index contributed by atoms with van der Waals surface area (Å²) < 4.78 is 5.64. The normalized spacial score (nSPS) is 18.7. The fraction of sp³-hybridized carbons (Fsp3) is 0.625. The Bertz CT molecular complexity index is 379. The van der Waals surface area contributed by atoms with Crippen LogP contribution in [-0.2, 0) is 5.60 Å². The topological polar surface area (TPSA) is 29.5 Å². The van der Waals surface area contributed by atoms with Crippen LogP contribution in [0.5, 0.6) is 5.75 Å². The summed E-state index contributed by atoms with van der Waals surface area (Å²) in [5.74, 6) is 1.33. The number of ether oxygens (including phenoxy) is 1. The number of rotatable bonds is 6. The van der Waals surface area contributed by atoms with Gasteiger partial charge in [0.15, 0.2) is 0 Å². The molecule has 0 heterocycles. The lowest BCUT2D eigenvalue weighted by molar-refractivity contribution is 0.00334. The summed E-state index contributed by atoms with van der Waals surface area (Å²) in [6.45, 7) is 6.17. The van der Waals surface area contributed by atoms with E-state index in [1.165, 1.54) is 0 Å². The zero-order valence-corrected chi connectivity index (χ0v) is 11.6. The highest BCUT2D eigenvalue weighted by Gasteiger charge is 2.44. The Morgan fingerprint density at radius 1 is 1.28 bits per heavy atom. The molecular weight excluding hydrogens is 224 g/mol. The minimum atomic E-state index is -0.620. The summed E-state index contributed by atoms with van der Waals surface area (Å²) in [7, 11) is 0. The molecule has 0 saturated heterocycles. The molecule has 1 aliphatic carbocycles. The predicted molar refractivity (Wildman–Crippen MR) is 73.7 cm³/mol. The second-order valence-electron chi connectivity index (χ2n) is 5.64. The molecular formula is C16H24O2. The van der Waals surface area contributed by atoms with Crippen LogP contribution in [0.4, 0.5) is 0 Å². The largest absolute Gasteiger partial charge is 0.491 e. The van der Waals surface area contributed by atoms with Crippen LogP contribution in [0, 0.1) is 5.92 Å². The molecule has 2 nitrogen and oxygen atoms in total. The summed E-state index contributed by atoms with van der Waals surface area (Å²) in [5, 5.41) is 10.9. The van der Waals surface area contributed by atoms with Gasteiger partial charge in [0.25, 0.3) is 0 Å². The summed E-state index contributed by atoms with van der Waals surface area (Å²) >= 11 is 0. The highest BCUT2D eigenvalue weighted by Crippen LogP contribution is 2.48. The molecule has 0 spiro atoms. The van der Waals surface area contributed by atoms with Crippen molar-refractivity contribution in [2.75, 3.05) is 0 Å². The van der Waals surface area contributed by atoms with Gasteiger partial charge in [0, 0.05) is 0 Å². The van der Waals surface area contributed by atoms with Crippen molar-refractivity contribution < 1.29 is 9.84 Å². The van der Waals surface area contributed by atoms with Gasteiger partial charge in [-0.2, -0.15) is 0 Å². The number of hydrogen-bond donors (Lipinski definition) is 1. The van der Waals surface area contributed by atoms with E-state index in [2.05, 4.69) is 6.92 Å². The fourth-order valence-corrected chi connectivity index (χ4v) is 2.62. The van der Waals surface area contributed by atoms with Crippen LogP contribution >= 0.6 is 0 Å². The molecule has 0 bridgehead atoms. The molecule has 1 aromatic rings. The lowest BCUT2D eigenvalue weighted by atomic mass is 9.85.